The number of amides is 2. The van der Waals surface area contributed by atoms with Gasteiger partial charge in [0.25, 0.3) is 5.91 Å². The summed E-state index contributed by atoms with van der Waals surface area (Å²) in [6.07, 6.45) is -6.93. The van der Waals surface area contributed by atoms with Gasteiger partial charge in [0.1, 0.15) is 18.3 Å². The second-order valence-corrected chi connectivity index (χ2v) is 12.7. The van der Waals surface area contributed by atoms with Crippen molar-refractivity contribution in [2.75, 3.05) is 19.5 Å². The number of halogens is 3. The fraction of sp³-hybridized carbons (Fsp3) is 0.632. The summed E-state index contributed by atoms with van der Waals surface area (Å²) in [5.74, 6) is -7.40. The molecule has 9 nitrogen and oxygen atoms in total. The Morgan fingerprint density at radius 2 is 1.88 bits per heavy atom. The van der Waals surface area contributed by atoms with E-state index in [4.69, 9.17) is 4.74 Å². The molecule has 1 saturated heterocycles. The van der Waals surface area contributed by atoms with Gasteiger partial charge in [0, 0.05) is 0 Å². The number of hydrogen-bond donors (Lipinski definition) is 3. The smallest absolute Gasteiger partial charge is 0.443 e. The number of aliphatic hydroxyl groups excluding tert-OH is 2. The maximum absolute atomic E-state index is 12.6. The predicted octanol–water partition coefficient (Wildman–Crippen LogP) is -0.163. The molecular formula is C19H25F3NO8P. The molecule has 2 aliphatic heterocycles. The first-order valence-electron chi connectivity index (χ1n) is 9.57. The molecule has 3 N–H and O–H groups in total. The van der Waals surface area contributed by atoms with E-state index in [1.165, 1.54) is 0 Å². The molecule has 0 bridgehead atoms. The molecule has 180 valence electrons. The fourth-order valence-corrected chi connectivity index (χ4v) is 4.35. The summed E-state index contributed by atoms with van der Waals surface area (Å²) < 4.78 is 47.5. The van der Waals surface area contributed by atoms with Crippen molar-refractivity contribution in [1.29, 1.82) is 0 Å². The molecular weight excluding hydrogens is 458 g/mol. The number of ketones is 1. The SMILES string of the molecule is C=P(C)(C)CC[C@H]1OC([C@@H]2C=C(C(OC(=O)C(F)(F)F)C(C)=O)C(=O)NC2=O)[C@H](O)[C@@H]1O. The number of imide groups is 1. The molecule has 0 aromatic heterocycles. The minimum atomic E-state index is -5.42. The van der Waals surface area contributed by atoms with Crippen molar-refractivity contribution in [2.24, 2.45) is 5.92 Å². The Morgan fingerprint density at radius 1 is 1.28 bits per heavy atom. The van der Waals surface area contributed by atoms with Crippen molar-refractivity contribution < 1.29 is 52.0 Å². The van der Waals surface area contributed by atoms with Gasteiger partial charge in [0.15, 0.2) is 11.9 Å². The standard InChI is InChI=1S/C19H25F3NO8P/c1-8(24)14(31-18(29)19(20,21)22)9-7-10(17(28)23-16(9)27)15-13(26)12(25)11(30-15)5-6-32(2,3)4/h7,10-15,25-26H,2,5-6H2,1,3-4H3,(H,23,27,28)/t10-,11+,12+,13+,14?,15?/m0/s1. The molecule has 0 aromatic rings. The van der Waals surface area contributed by atoms with Gasteiger partial charge < -0.3 is 19.7 Å². The van der Waals surface area contributed by atoms with Crippen LogP contribution in [0.3, 0.4) is 0 Å². The lowest BCUT2D eigenvalue weighted by Crippen LogP contribution is -2.50. The van der Waals surface area contributed by atoms with Crippen LogP contribution in [0.2, 0.25) is 0 Å². The van der Waals surface area contributed by atoms with E-state index in [0.29, 0.717) is 12.6 Å². The Balaban J connectivity index is 2.32. The van der Waals surface area contributed by atoms with Crippen LogP contribution in [0, 0.1) is 5.92 Å². The number of hydrogen-bond acceptors (Lipinski definition) is 8. The van der Waals surface area contributed by atoms with Crippen LogP contribution in [0.25, 0.3) is 0 Å². The van der Waals surface area contributed by atoms with Gasteiger partial charge in [-0.3, -0.25) is 19.7 Å². The van der Waals surface area contributed by atoms with E-state index in [-0.39, 0.29) is 0 Å². The summed E-state index contributed by atoms with van der Waals surface area (Å²) in [5, 5.41) is 22.6. The molecule has 2 aliphatic rings. The summed E-state index contributed by atoms with van der Waals surface area (Å²) in [6, 6.07) is 0. The Morgan fingerprint density at radius 3 is 2.38 bits per heavy atom. The zero-order valence-electron chi connectivity index (χ0n) is 17.6. The highest BCUT2D eigenvalue weighted by Gasteiger charge is 2.50. The average Bonchev–Trinajstić information content (AvgIpc) is 2.91. The van der Waals surface area contributed by atoms with E-state index in [9.17, 15) is 42.6 Å². The van der Waals surface area contributed by atoms with Gasteiger partial charge in [-0.05, 0) is 32.8 Å². The maximum Gasteiger partial charge on any atom is 0.490 e. The molecule has 0 aromatic carbocycles. The molecule has 2 unspecified atom stereocenters. The predicted molar refractivity (Wildman–Crippen MR) is 107 cm³/mol. The number of alkyl halides is 3. The largest absolute Gasteiger partial charge is 0.490 e. The highest BCUT2D eigenvalue weighted by Crippen LogP contribution is 2.39. The van der Waals surface area contributed by atoms with Crippen LogP contribution in [0.15, 0.2) is 11.6 Å². The van der Waals surface area contributed by atoms with Gasteiger partial charge in [-0.25, -0.2) is 4.79 Å². The Labute approximate surface area is 181 Å². The number of esters is 1. The zero-order valence-corrected chi connectivity index (χ0v) is 18.5. The minimum Gasteiger partial charge on any atom is -0.443 e. The van der Waals surface area contributed by atoms with E-state index >= 15 is 0 Å². The summed E-state index contributed by atoms with van der Waals surface area (Å²) in [7, 11) is 0. The molecule has 2 rings (SSSR count). The van der Waals surface area contributed by atoms with E-state index < -0.39 is 78.6 Å². The van der Waals surface area contributed by atoms with E-state index in [0.717, 1.165) is 13.0 Å². The topological polar surface area (TPSA) is 139 Å². The third-order valence-corrected chi connectivity index (χ3v) is 6.51. The molecule has 0 radical (unpaired) electrons. The quantitative estimate of drug-likeness (QED) is 0.258. The highest BCUT2D eigenvalue weighted by molar-refractivity contribution is 7.72. The van der Waals surface area contributed by atoms with Crippen molar-refractivity contribution in [2.45, 2.75) is 50.0 Å². The molecule has 1 fully saturated rings. The lowest BCUT2D eigenvalue weighted by molar-refractivity contribution is -0.203. The zero-order chi connectivity index (χ0) is 24.6. The number of rotatable bonds is 7. The minimum absolute atomic E-state index is 0.335. The number of Topliss-reactive ketones (excluding diaryl/α,β-unsaturated/α-hetero) is 1. The van der Waals surface area contributed by atoms with Crippen molar-refractivity contribution in [1.82, 2.24) is 5.32 Å². The summed E-state index contributed by atoms with van der Waals surface area (Å²) >= 11 is 0. The molecule has 2 heterocycles. The van der Waals surface area contributed by atoms with Crippen molar-refractivity contribution in [3.63, 3.8) is 0 Å². The third kappa shape index (κ3) is 6.06. The number of aliphatic hydroxyl groups is 2. The molecule has 2 amide bonds. The lowest BCUT2D eigenvalue weighted by Gasteiger charge is -2.28. The van der Waals surface area contributed by atoms with Crippen LogP contribution in [-0.4, -0.2) is 96.3 Å². The van der Waals surface area contributed by atoms with Crippen LogP contribution in [0.5, 0.6) is 0 Å². The van der Waals surface area contributed by atoms with Crippen molar-refractivity contribution >= 4 is 36.8 Å². The Hall–Kier alpha value is -2.01. The first kappa shape index (κ1) is 26.2. The summed E-state index contributed by atoms with van der Waals surface area (Å²) in [4.78, 5) is 47.6. The van der Waals surface area contributed by atoms with E-state index in [1.54, 1.807) is 0 Å². The summed E-state index contributed by atoms with van der Waals surface area (Å²) in [5.41, 5.74) is -0.710. The van der Waals surface area contributed by atoms with Gasteiger partial charge in [0.05, 0.1) is 17.6 Å². The van der Waals surface area contributed by atoms with Gasteiger partial charge >= 0.3 is 12.1 Å². The Bertz CT molecular complexity index is 880. The molecule has 0 aliphatic carbocycles. The number of nitrogens with one attached hydrogen (secondary N) is 1. The van der Waals surface area contributed by atoms with Gasteiger partial charge in [-0.1, -0.05) is 6.08 Å². The van der Waals surface area contributed by atoms with E-state index in [2.05, 4.69) is 11.0 Å². The number of carbonyl (C=O) groups is 4. The first-order valence-corrected chi connectivity index (χ1v) is 12.6. The normalized spacial score (nSPS) is 29.9. The number of ether oxygens (including phenoxy) is 2. The summed E-state index contributed by atoms with van der Waals surface area (Å²) in [6.45, 7) is 3.24. The monoisotopic (exact) mass is 483 g/mol. The highest BCUT2D eigenvalue weighted by atomic mass is 31.2. The van der Waals surface area contributed by atoms with Crippen LogP contribution in [0.4, 0.5) is 13.2 Å². The van der Waals surface area contributed by atoms with Crippen LogP contribution >= 0.6 is 6.89 Å². The van der Waals surface area contributed by atoms with Gasteiger partial charge in [-0.15, -0.1) is 13.2 Å². The molecule has 0 saturated carbocycles. The average molecular weight is 483 g/mol. The Kier molecular flexibility index (Phi) is 7.76. The van der Waals surface area contributed by atoms with Crippen LogP contribution in [-0.2, 0) is 28.7 Å². The van der Waals surface area contributed by atoms with Gasteiger partial charge in [-0.2, -0.15) is 13.2 Å². The third-order valence-electron chi connectivity index (χ3n) is 5.04. The number of carbonyl (C=O) groups excluding carboxylic acids is 4. The maximum atomic E-state index is 12.6. The molecule has 0 spiro atoms. The molecule has 13 heteroatoms. The second-order valence-electron chi connectivity index (χ2n) is 8.43. The molecule has 32 heavy (non-hydrogen) atoms. The second kappa shape index (κ2) is 9.46. The van der Waals surface area contributed by atoms with Gasteiger partial charge in [0.2, 0.25) is 5.91 Å². The van der Waals surface area contributed by atoms with Crippen LogP contribution in [0.1, 0.15) is 13.3 Å². The van der Waals surface area contributed by atoms with Crippen molar-refractivity contribution in [3.05, 3.63) is 11.6 Å². The van der Waals surface area contributed by atoms with Crippen molar-refractivity contribution in [3.8, 4) is 0 Å². The van der Waals surface area contributed by atoms with E-state index in [1.807, 2.05) is 18.6 Å². The van der Waals surface area contributed by atoms with Crippen LogP contribution < -0.4 is 5.32 Å². The molecule has 6 atom stereocenters. The first-order chi connectivity index (χ1) is 14.5. The lowest BCUT2D eigenvalue weighted by atomic mass is 9.88. The fourth-order valence-electron chi connectivity index (χ4n) is 3.39.